The Balaban J connectivity index is 2.81. The van der Waals surface area contributed by atoms with E-state index < -0.39 is 6.29 Å². The highest BCUT2D eigenvalue weighted by molar-refractivity contribution is 4.99. The minimum atomic E-state index is -0.456. The molecule has 0 aliphatic rings. The van der Waals surface area contributed by atoms with E-state index in [0.717, 1.165) is 12.4 Å². The average Bonchev–Trinajstić information content (AvgIpc) is 2.67. The Kier molecular flexibility index (Phi) is 4.06. The zero-order valence-electron chi connectivity index (χ0n) is 8.80. The van der Waals surface area contributed by atoms with Crippen molar-refractivity contribution in [2.24, 2.45) is 5.73 Å². The molecule has 0 fully saturated rings. The molecule has 5 nitrogen and oxygen atoms in total. The lowest BCUT2D eigenvalue weighted by Gasteiger charge is -2.20. The van der Waals surface area contributed by atoms with E-state index in [1.165, 1.54) is 0 Å². The number of imidazole rings is 1. The van der Waals surface area contributed by atoms with E-state index in [1.54, 1.807) is 20.4 Å². The van der Waals surface area contributed by atoms with Gasteiger partial charge in [-0.25, -0.2) is 4.98 Å². The van der Waals surface area contributed by atoms with E-state index in [9.17, 15) is 0 Å². The van der Waals surface area contributed by atoms with Gasteiger partial charge in [0, 0.05) is 33.2 Å². The molecule has 0 aliphatic heterocycles. The van der Waals surface area contributed by atoms with Crippen molar-refractivity contribution < 1.29 is 9.47 Å². The van der Waals surface area contributed by atoms with Gasteiger partial charge in [-0.15, -0.1) is 0 Å². The zero-order valence-corrected chi connectivity index (χ0v) is 8.80. The number of aromatic nitrogens is 2. The first-order valence-electron chi connectivity index (χ1n) is 4.56. The van der Waals surface area contributed by atoms with Crippen LogP contribution in [0.3, 0.4) is 0 Å². The van der Waals surface area contributed by atoms with Crippen molar-refractivity contribution in [3.8, 4) is 0 Å². The molecule has 0 bridgehead atoms. The summed E-state index contributed by atoms with van der Waals surface area (Å²) in [7, 11) is 3.13. The predicted octanol–water partition coefficient (Wildman–Crippen LogP) is 0.522. The normalized spacial score (nSPS) is 13.5. The van der Waals surface area contributed by atoms with Crippen LogP contribution in [0.1, 0.15) is 18.8 Å². The van der Waals surface area contributed by atoms with Crippen molar-refractivity contribution in [3.05, 3.63) is 18.2 Å². The van der Waals surface area contributed by atoms with Crippen LogP contribution in [0.25, 0.3) is 0 Å². The summed E-state index contributed by atoms with van der Waals surface area (Å²) in [6.45, 7) is 2.87. The Hall–Kier alpha value is -0.910. The van der Waals surface area contributed by atoms with Gasteiger partial charge in [0.05, 0.1) is 0 Å². The minimum absolute atomic E-state index is 0.361. The Morgan fingerprint density at radius 2 is 2.14 bits per heavy atom. The number of nitrogens with zero attached hydrogens (tertiary/aromatic N) is 2. The number of rotatable bonds is 5. The Morgan fingerprint density at radius 3 is 2.64 bits per heavy atom. The molecule has 0 aliphatic carbocycles. The van der Waals surface area contributed by atoms with Crippen LogP contribution in [0.5, 0.6) is 0 Å². The molecule has 1 aromatic rings. The monoisotopic (exact) mass is 199 g/mol. The Bertz CT molecular complexity index is 271. The SMILES string of the molecule is CCn1ccnc1C(N)C(OC)OC. The smallest absolute Gasteiger partial charge is 0.179 e. The molecular formula is C9H17N3O2. The van der Waals surface area contributed by atoms with Crippen molar-refractivity contribution in [1.82, 2.24) is 9.55 Å². The summed E-state index contributed by atoms with van der Waals surface area (Å²) in [5, 5.41) is 0. The highest BCUT2D eigenvalue weighted by Crippen LogP contribution is 2.14. The number of ether oxygens (including phenoxy) is 2. The van der Waals surface area contributed by atoms with Crippen molar-refractivity contribution >= 4 is 0 Å². The first-order chi connectivity index (χ1) is 6.74. The highest BCUT2D eigenvalue weighted by atomic mass is 16.7. The second-order valence-corrected chi connectivity index (χ2v) is 2.94. The van der Waals surface area contributed by atoms with Gasteiger partial charge >= 0.3 is 0 Å². The third-order valence-corrected chi connectivity index (χ3v) is 2.14. The molecule has 14 heavy (non-hydrogen) atoms. The molecule has 1 heterocycles. The maximum absolute atomic E-state index is 5.95. The number of methoxy groups -OCH3 is 2. The first kappa shape index (κ1) is 11.2. The maximum Gasteiger partial charge on any atom is 0.179 e. The van der Waals surface area contributed by atoms with Gasteiger partial charge in [0.15, 0.2) is 6.29 Å². The standard InChI is InChI=1S/C9H17N3O2/c1-4-12-6-5-11-8(12)7(10)9(13-2)14-3/h5-7,9H,4,10H2,1-3H3. The quantitative estimate of drug-likeness (QED) is 0.702. The molecule has 1 rings (SSSR count). The van der Waals surface area contributed by atoms with Crippen molar-refractivity contribution in [2.45, 2.75) is 25.8 Å². The molecule has 1 unspecified atom stereocenters. The van der Waals surface area contributed by atoms with E-state index in [2.05, 4.69) is 4.98 Å². The van der Waals surface area contributed by atoms with E-state index in [-0.39, 0.29) is 6.04 Å². The molecule has 2 N–H and O–H groups in total. The van der Waals surface area contributed by atoms with Crippen molar-refractivity contribution in [1.29, 1.82) is 0 Å². The fraction of sp³-hybridized carbons (Fsp3) is 0.667. The number of hydrogen-bond donors (Lipinski definition) is 1. The van der Waals surface area contributed by atoms with Crippen LogP contribution >= 0.6 is 0 Å². The average molecular weight is 199 g/mol. The van der Waals surface area contributed by atoms with Gasteiger partial charge in [0.2, 0.25) is 0 Å². The fourth-order valence-corrected chi connectivity index (χ4v) is 1.40. The summed E-state index contributed by atoms with van der Waals surface area (Å²) in [6, 6.07) is -0.361. The molecule has 0 saturated carbocycles. The molecule has 1 atom stereocenters. The predicted molar refractivity (Wildman–Crippen MR) is 52.6 cm³/mol. The lowest BCUT2D eigenvalue weighted by atomic mass is 10.3. The number of nitrogens with two attached hydrogens (primary N) is 1. The van der Waals surface area contributed by atoms with Gasteiger partial charge in [-0.2, -0.15) is 0 Å². The van der Waals surface area contributed by atoms with Crippen LogP contribution in [-0.4, -0.2) is 30.1 Å². The summed E-state index contributed by atoms with van der Waals surface area (Å²) in [5.41, 5.74) is 5.95. The van der Waals surface area contributed by atoms with Crippen LogP contribution in [0, 0.1) is 0 Å². The van der Waals surface area contributed by atoms with Crippen LogP contribution < -0.4 is 5.73 Å². The lowest BCUT2D eigenvalue weighted by Crippen LogP contribution is -2.31. The molecule has 0 aromatic carbocycles. The Labute approximate surface area is 83.8 Å². The molecule has 0 saturated heterocycles. The van der Waals surface area contributed by atoms with E-state index >= 15 is 0 Å². The summed E-state index contributed by atoms with van der Waals surface area (Å²) >= 11 is 0. The second kappa shape index (κ2) is 5.09. The maximum atomic E-state index is 5.95. The summed E-state index contributed by atoms with van der Waals surface area (Å²) in [6.07, 6.45) is 3.15. The van der Waals surface area contributed by atoms with E-state index in [1.807, 2.05) is 17.7 Å². The van der Waals surface area contributed by atoms with Crippen LogP contribution in [0.15, 0.2) is 12.4 Å². The fourth-order valence-electron chi connectivity index (χ4n) is 1.40. The van der Waals surface area contributed by atoms with Gasteiger partial charge < -0.3 is 19.8 Å². The van der Waals surface area contributed by atoms with Gasteiger partial charge in [-0.1, -0.05) is 0 Å². The highest BCUT2D eigenvalue weighted by Gasteiger charge is 2.22. The molecule has 0 amide bonds. The van der Waals surface area contributed by atoms with Gasteiger partial charge in [-0.05, 0) is 6.92 Å². The van der Waals surface area contributed by atoms with E-state index in [4.69, 9.17) is 15.2 Å². The zero-order chi connectivity index (χ0) is 10.6. The van der Waals surface area contributed by atoms with Crippen molar-refractivity contribution in [3.63, 3.8) is 0 Å². The van der Waals surface area contributed by atoms with E-state index in [0.29, 0.717) is 0 Å². The van der Waals surface area contributed by atoms with Crippen LogP contribution in [-0.2, 0) is 16.0 Å². The second-order valence-electron chi connectivity index (χ2n) is 2.94. The minimum Gasteiger partial charge on any atom is -0.354 e. The largest absolute Gasteiger partial charge is 0.354 e. The molecule has 0 radical (unpaired) electrons. The van der Waals surface area contributed by atoms with Crippen LogP contribution in [0.4, 0.5) is 0 Å². The van der Waals surface area contributed by atoms with Crippen LogP contribution in [0.2, 0.25) is 0 Å². The topological polar surface area (TPSA) is 62.3 Å². The molecule has 1 aromatic heterocycles. The molecule has 0 spiro atoms. The summed E-state index contributed by atoms with van der Waals surface area (Å²) in [5.74, 6) is 0.779. The van der Waals surface area contributed by atoms with Crippen molar-refractivity contribution in [2.75, 3.05) is 14.2 Å². The number of aryl methyl sites for hydroxylation is 1. The molecular weight excluding hydrogens is 182 g/mol. The number of hydrogen-bond acceptors (Lipinski definition) is 4. The molecule has 5 heteroatoms. The third-order valence-electron chi connectivity index (χ3n) is 2.14. The Morgan fingerprint density at radius 1 is 1.50 bits per heavy atom. The van der Waals surface area contributed by atoms with Gasteiger partial charge in [0.1, 0.15) is 11.9 Å². The van der Waals surface area contributed by atoms with Gasteiger partial charge in [-0.3, -0.25) is 0 Å². The summed E-state index contributed by atoms with van der Waals surface area (Å²) < 4.78 is 12.1. The lowest BCUT2D eigenvalue weighted by molar-refractivity contribution is -0.119. The van der Waals surface area contributed by atoms with Gasteiger partial charge in [0.25, 0.3) is 0 Å². The summed E-state index contributed by atoms with van der Waals surface area (Å²) in [4.78, 5) is 4.18. The third kappa shape index (κ3) is 2.12. The molecule has 80 valence electrons. The first-order valence-corrected chi connectivity index (χ1v) is 4.56.